The number of hydrogen-bond acceptors (Lipinski definition) is 4. The van der Waals surface area contributed by atoms with Crippen molar-refractivity contribution in [2.75, 3.05) is 0 Å². The number of nitriles is 1. The van der Waals surface area contributed by atoms with Crippen LogP contribution in [-0.2, 0) is 0 Å². The minimum absolute atomic E-state index is 0.316. The van der Waals surface area contributed by atoms with Gasteiger partial charge in [-0.25, -0.2) is 15.0 Å². The first kappa shape index (κ1) is 30.6. The van der Waals surface area contributed by atoms with Crippen LogP contribution >= 0.6 is 0 Å². The van der Waals surface area contributed by atoms with E-state index in [1.807, 2.05) is 78.9 Å². The van der Waals surface area contributed by atoms with Crippen LogP contribution in [0.2, 0.25) is 0 Å². The van der Waals surface area contributed by atoms with Crippen molar-refractivity contribution >= 4 is 21.8 Å². The molecule has 0 N–H and O–H groups in total. The largest absolute Gasteiger partial charge is 0.309 e. The third-order valence-electron chi connectivity index (χ3n) is 10.5. The monoisotopic (exact) mass is 677 g/mol. The molecule has 0 saturated carbocycles. The van der Waals surface area contributed by atoms with Gasteiger partial charge in [-0.2, -0.15) is 5.26 Å². The number of aromatic nitrogens is 4. The van der Waals surface area contributed by atoms with Gasteiger partial charge < -0.3 is 4.57 Å². The number of rotatable bonds is 5. The lowest BCUT2D eigenvalue weighted by Crippen LogP contribution is -2.02. The molecule has 1 aliphatic carbocycles. The molecule has 2 heterocycles. The molecule has 0 spiro atoms. The quantitative estimate of drug-likeness (QED) is 0.182. The second-order valence-electron chi connectivity index (χ2n) is 13.6. The molecule has 1 atom stereocenters. The Morgan fingerprint density at radius 1 is 0.509 bits per heavy atom. The molecule has 0 bridgehead atoms. The average molecular weight is 678 g/mol. The Morgan fingerprint density at radius 3 is 1.87 bits per heavy atom. The third kappa shape index (κ3) is 5.04. The second-order valence-corrected chi connectivity index (χ2v) is 13.6. The summed E-state index contributed by atoms with van der Waals surface area (Å²) in [7, 11) is 0. The van der Waals surface area contributed by atoms with Gasteiger partial charge in [0, 0.05) is 39.1 Å². The first-order valence-corrected chi connectivity index (χ1v) is 17.8. The Kier molecular flexibility index (Phi) is 7.09. The molecule has 7 aromatic carbocycles. The van der Waals surface area contributed by atoms with E-state index in [9.17, 15) is 5.26 Å². The molecule has 0 aliphatic heterocycles. The zero-order valence-electron chi connectivity index (χ0n) is 28.9. The van der Waals surface area contributed by atoms with Crippen LogP contribution in [0.1, 0.15) is 29.5 Å². The summed E-state index contributed by atoms with van der Waals surface area (Å²) < 4.78 is 2.37. The highest BCUT2D eigenvalue weighted by Gasteiger charge is 2.29. The van der Waals surface area contributed by atoms with Crippen molar-refractivity contribution in [3.05, 3.63) is 180 Å². The van der Waals surface area contributed by atoms with Crippen LogP contribution in [0, 0.1) is 11.3 Å². The van der Waals surface area contributed by atoms with E-state index in [2.05, 4.69) is 102 Å². The minimum atomic E-state index is 0.316. The lowest BCUT2D eigenvalue weighted by atomic mass is 9.97. The summed E-state index contributed by atoms with van der Waals surface area (Å²) in [4.78, 5) is 15.2. The van der Waals surface area contributed by atoms with Gasteiger partial charge in [0.15, 0.2) is 17.5 Å². The number of nitrogens with zero attached hydrogens (tertiary/aromatic N) is 5. The Morgan fingerprint density at radius 2 is 1.13 bits per heavy atom. The zero-order valence-corrected chi connectivity index (χ0v) is 28.9. The van der Waals surface area contributed by atoms with Crippen LogP contribution in [0.4, 0.5) is 0 Å². The van der Waals surface area contributed by atoms with E-state index in [1.165, 1.54) is 33.0 Å². The zero-order chi connectivity index (χ0) is 35.5. The van der Waals surface area contributed by atoms with Crippen LogP contribution in [0.15, 0.2) is 164 Å². The van der Waals surface area contributed by atoms with Crippen molar-refractivity contribution in [1.29, 1.82) is 5.26 Å². The Hall–Kier alpha value is -7.16. The van der Waals surface area contributed by atoms with Crippen LogP contribution in [0.5, 0.6) is 0 Å². The molecular formula is C48H31N5. The number of fused-ring (bicyclic) bond motifs is 7. The summed E-state index contributed by atoms with van der Waals surface area (Å²) in [5.41, 5.74) is 13.8. The summed E-state index contributed by atoms with van der Waals surface area (Å²) in [5.74, 6) is 2.10. The van der Waals surface area contributed by atoms with E-state index in [0.717, 1.165) is 44.5 Å². The smallest absolute Gasteiger partial charge is 0.164 e. The number of hydrogen-bond donors (Lipinski definition) is 0. The fraction of sp³-hybridized carbons (Fsp3) is 0.0417. The lowest BCUT2D eigenvalue weighted by Gasteiger charge is -2.15. The van der Waals surface area contributed by atoms with Crippen molar-refractivity contribution < 1.29 is 0 Å². The summed E-state index contributed by atoms with van der Waals surface area (Å²) in [6.45, 7) is 2.31. The number of para-hydroxylation sites is 1. The van der Waals surface area contributed by atoms with Gasteiger partial charge in [0.2, 0.25) is 0 Å². The molecule has 0 amide bonds. The molecule has 9 aromatic rings. The van der Waals surface area contributed by atoms with Gasteiger partial charge in [0.1, 0.15) is 0 Å². The molecule has 2 aromatic heterocycles. The van der Waals surface area contributed by atoms with Gasteiger partial charge in [0.05, 0.1) is 22.7 Å². The van der Waals surface area contributed by atoms with E-state index in [4.69, 9.17) is 15.0 Å². The Bertz CT molecular complexity index is 2860. The standard InChI is InChI=1S/C48H31N5/c1-30-38-19-8-9-20-40(38)44-39(30)23-24-43-45(44)41-21-10-11-22-42(41)53(43)37-27-35(34-18-12-13-31(25-34)29-49)26-36(28-37)48-51-46(32-14-4-2-5-15-32)50-47(52-48)33-16-6-3-7-17-33/h2-28,30H,1H3. The van der Waals surface area contributed by atoms with Crippen molar-refractivity contribution in [2.45, 2.75) is 12.8 Å². The highest BCUT2D eigenvalue weighted by molar-refractivity contribution is 6.17. The van der Waals surface area contributed by atoms with Gasteiger partial charge in [0.25, 0.3) is 0 Å². The van der Waals surface area contributed by atoms with Gasteiger partial charge in [-0.15, -0.1) is 0 Å². The van der Waals surface area contributed by atoms with E-state index < -0.39 is 0 Å². The molecule has 0 radical (unpaired) electrons. The fourth-order valence-electron chi connectivity index (χ4n) is 8.02. The van der Waals surface area contributed by atoms with Crippen LogP contribution in [0.25, 0.3) is 83.9 Å². The van der Waals surface area contributed by atoms with Gasteiger partial charge in [-0.3, -0.25) is 0 Å². The first-order valence-electron chi connectivity index (χ1n) is 17.8. The van der Waals surface area contributed by atoms with Crippen molar-refractivity contribution in [3.63, 3.8) is 0 Å². The SMILES string of the molecule is CC1c2ccccc2-c2c1ccc1c2c2ccccc2n1-c1cc(-c2cccc(C#N)c2)cc(-c2nc(-c3ccccc3)nc(-c3ccccc3)n2)c1. The summed E-state index contributed by atoms with van der Waals surface area (Å²) in [6, 6.07) is 58.8. The van der Waals surface area contributed by atoms with E-state index in [0.29, 0.717) is 29.0 Å². The van der Waals surface area contributed by atoms with E-state index in [-0.39, 0.29) is 0 Å². The van der Waals surface area contributed by atoms with Gasteiger partial charge in [-0.05, 0) is 75.8 Å². The normalized spacial score (nSPS) is 13.2. The van der Waals surface area contributed by atoms with E-state index >= 15 is 0 Å². The Balaban J connectivity index is 1.27. The maximum Gasteiger partial charge on any atom is 0.164 e. The molecule has 0 fully saturated rings. The molecule has 5 heteroatoms. The highest BCUT2D eigenvalue weighted by Crippen LogP contribution is 2.50. The summed E-state index contributed by atoms with van der Waals surface area (Å²) in [5, 5.41) is 12.3. The van der Waals surface area contributed by atoms with Crippen LogP contribution in [-0.4, -0.2) is 19.5 Å². The van der Waals surface area contributed by atoms with Crippen molar-refractivity contribution in [2.24, 2.45) is 0 Å². The maximum atomic E-state index is 9.84. The summed E-state index contributed by atoms with van der Waals surface area (Å²) >= 11 is 0. The van der Waals surface area contributed by atoms with Gasteiger partial charge >= 0.3 is 0 Å². The topological polar surface area (TPSA) is 67.4 Å². The average Bonchev–Trinajstić information content (AvgIpc) is 3.72. The van der Waals surface area contributed by atoms with Crippen molar-refractivity contribution in [3.8, 4) is 68.2 Å². The molecule has 5 nitrogen and oxygen atoms in total. The van der Waals surface area contributed by atoms with Gasteiger partial charge in [-0.1, -0.05) is 128 Å². The predicted octanol–water partition coefficient (Wildman–Crippen LogP) is 11.6. The molecule has 1 aliphatic rings. The lowest BCUT2D eigenvalue weighted by molar-refractivity contribution is 0.957. The molecule has 248 valence electrons. The maximum absolute atomic E-state index is 9.84. The minimum Gasteiger partial charge on any atom is -0.309 e. The van der Waals surface area contributed by atoms with Crippen LogP contribution < -0.4 is 0 Å². The number of benzene rings is 7. The highest BCUT2D eigenvalue weighted by atomic mass is 15.0. The molecule has 10 rings (SSSR count). The first-order chi connectivity index (χ1) is 26.1. The third-order valence-corrected chi connectivity index (χ3v) is 10.5. The molecule has 0 saturated heterocycles. The molecule has 1 unspecified atom stereocenters. The second kappa shape index (κ2) is 12.3. The molecule has 53 heavy (non-hydrogen) atoms. The fourth-order valence-corrected chi connectivity index (χ4v) is 8.02. The predicted molar refractivity (Wildman–Crippen MR) is 214 cm³/mol. The Labute approximate surface area is 307 Å². The van der Waals surface area contributed by atoms with Crippen molar-refractivity contribution in [1.82, 2.24) is 19.5 Å². The van der Waals surface area contributed by atoms with E-state index in [1.54, 1.807) is 0 Å². The van der Waals surface area contributed by atoms with Crippen LogP contribution in [0.3, 0.4) is 0 Å². The summed E-state index contributed by atoms with van der Waals surface area (Å²) in [6.07, 6.45) is 0. The molecular weight excluding hydrogens is 647 g/mol.